The highest BCUT2D eigenvalue weighted by Gasteiger charge is 2.06. The third-order valence-corrected chi connectivity index (χ3v) is 2.06. The largest absolute Gasteiger partial charge is 0.454 e. The molecule has 0 atom stereocenters. The van der Waals surface area contributed by atoms with Crippen molar-refractivity contribution in [3.8, 4) is 0 Å². The van der Waals surface area contributed by atoms with Gasteiger partial charge in [0.05, 0.1) is 0 Å². The van der Waals surface area contributed by atoms with Crippen LogP contribution in [0.15, 0.2) is 34.2 Å². The monoisotopic (exact) mass is 378 g/mol. The van der Waals surface area contributed by atoms with E-state index in [1.807, 2.05) is 6.92 Å². The molecule has 106 valence electrons. The molecule has 1 amide bonds. The van der Waals surface area contributed by atoms with E-state index >= 15 is 0 Å². The first-order valence-electron chi connectivity index (χ1n) is 5.69. The highest BCUT2D eigenvalue weighted by Crippen LogP contribution is 2.08. The number of hydrogen-bond donors (Lipinski definition) is 3. The summed E-state index contributed by atoms with van der Waals surface area (Å²) in [5.41, 5.74) is 5.09. The summed E-state index contributed by atoms with van der Waals surface area (Å²) >= 11 is 0. The smallest absolute Gasteiger partial charge is 0.284 e. The van der Waals surface area contributed by atoms with Crippen LogP contribution in [0.2, 0.25) is 0 Å². The molecule has 4 N–H and O–H groups in total. The Morgan fingerprint density at radius 1 is 1.53 bits per heavy atom. The van der Waals surface area contributed by atoms with Gasteiger partial charge in [0, 0.05) is 13.1 Å². The number of carbonyl (C=O) groups excluding carboxylic acids is 1. The second-order valence-electron chi connectivity index (χ2n) is 3.49. The Morgan fingerprint density at radius 2 is 2.26 bits per heavy atom. The summed E-state index contributed by atoms with van der Waals surface area (Å²) in [6.45, 7) is 7.31. The fourth-order valence-corrected chi connectivity index (χ4v) is 1.26. The Balaban J connectivity index is 0.00000324. The minimum absolute atomic E-state index is 0. The van der Waals surface area contributed by atoms with Gasteiger partial charge in [-0.1, -0.05) is 6.08 Å². The molecule has 0 aliphatic rings. The molecule has 0 saturated heterocycles. The van der Waals surface area contributed by atoms with Crippen molar-refractivity contribution in [3.05, 3.63) is 36.3 Å². The minimum atomic E-state index is -0.582. The molecule has 0 radical (unpaired) electrons. The van der Waals surface area contributed by atoms with E-state index < -0.39 is 5.91 Å². The van der Waals surface area contributed by atoms with Crippen LogP contribution in [0.4, 0.5) is 0 Å². The van der Waals surface area contributed by atoms with Crippen LogP contribution in [0.25, 0.3) is 0 Å². The first kappa shape index (κ1) is 17.5. The second kappa shape index (κ2) is 9.42. The van der Waals surface area contributed by atoms with E-state index in [0.717, 1.165) is 6.54 Å². The van der Waals surface area contributed by atoms with Crippen LogP contribution in [0.5, 0.6) is 0 Å². The lowest BCUT2D eigenvalue weighted by molar-refractivity contribution is 0.0972. The molecule has 6 nitrogen and oxygen atoms in total. The van der Waals surface area contributed by atoms with Gasteiger partial charge in [0.1, 0.15) is 12.3 Å². The van der Waals surface area contributed by atoms with Crippen LogP contribution in [-0.2, 0) is 6.54 Å². The van der Waals surface area contributed by atoms with Crippen LogP contribution < -0.4 is 16.4 Å². The maximum absolute atomic E-state index is 10.9. The summed E-state index contributed by atoms with van der Waals surface area (Å²) in [5, 5.41) is 6.13. The number of furan rings is 1. The SMILES string of the molecule is C=CCNC(=NCc1ccc(C(N)=O)o1)NCC.I. The molecule has 0 aliphatic carbocycles. The summed E-state index contributed by atoms with van der Waals surface area (Å²) in [6.07, 6.45) is 1.74. The fraction of sp³-hybridized carbons (Fsp3) is 0.333. The number of nitrogens with two attached hydrogens (primary N) is 1. The van der Waals surface area contributed by atoms with Gasteiger partial charge in [0.15, 0.2) is 11.7 Å². The Bertz CT molecular complexity index is 443. The molecule has 0 bridgehead atoms. The molecule has 1 rings (SSSR count). The van der Waals surface area contributed by atoms with Crippen molar-refractivity contribution in [2.75, 3.05) is 13.1 Å². The van der Waals surface area contributed by atoms with E-state index in [-0.39, 0.29) is 29.7 Å². The molecule has 1 heterocycles. The predicted molar refractivity (Wildman–Crippen MR) is 85.7 cm³/mol. The summed E-state index contributed by atoms with van der Waals surface area (Å²) in [4.78, 5) is 15.1. The van der Waals surface area contributed by atoms with Crippen molar-refractivity contribution >= 4 is 35.8 Å². The van der Waals surface area contributed by atoms with Crippen LogP contribution in [0.1, 0.15) is 23.2 Å². The van der Waals surface area contributed by atoms with Gasteiger partial charge in [-0.15, -0.1) is 30.6 Å². The lowest BCUT2D eigenvalue weighted by atomic mass is 10.4. The normalized spacial score (nSPS) is 10.5. The zero-order valence-electron chi connectivity index (χ0n) is 10.8. The van der Waals surface area contributed by atoms with E-state index in [1.54, 1.807) is 12.1 Å². The number of nitrogens with one attached hydrogen (secondary N) is 2. The number of nitrogens with zero attached hydrogens (tertiary/aromatic N) is 1. The third kappa shape index (κ3) is 6.27. The molecule has 0 saturated carbocycles. The van der Waals surface area contributed by atoms with Gasteiger partial charge in [-0.25, -0.2) is 4.99 Å². The lowest BCUT2D eigenvalue weighted by Crippen LogP contribution is -2.37. The Labute approximate surface area is 129 Å². The van der Waals surface area contributed by atoms with E-state index in [0.29, 0.717) is 24.8 Å². The molecule has 0 spiro atoms. The van der Waals surface area contributed by atoms with Crippen molar-refractivity contribution in [3.63, 3.8) is 0 Å². The quantitative estimate of drug-likeness (QED) is 0.301. The van der Waals surface area contributed by atoms with E-state index in [1.165, 1.54) is 6.07 Å². The van der Waals surface area contributed by atoms with Gasteiger partial charge < -0.3 is 20.8 Å². The number of aliphatic imine (C=N–C) groups is 1. The Morgan fingerprint density at radius 3 is 2.79 bits per heavy atom. The van der Waals surface area contributed by atoms with Crippen LogP contribution in [0, 0.1) is 0 Å². The van der Waals surface area contributed by atoms with E-state index in [9.17, 15) is 4.79 Å². The maximum atomic E-state index is 10.9. The Hall–Kier alpha value is -1.51. The standard InChI is InChI=1S/C12H18N4O2.HI/c1-3-7-15-12(14-4-2)16-8-9-5-6-10(18-9)11(13)17;/h3,5-6H,1,4,7-8H2,2H3,(H2,13,17)(H2,14,15,16);1H. The van der Waals surface area contributed by atoms with E-state index in [2.05, 4.69) is 22.2 Å². The summed E-state index contributed by atoms with van der Waals surface area (Å²) in [6, 6.07) is 3.22. The molecule has 1 aromatic rings. The molecule has 0 aromatic carbocycles. The number of hydrogen-bond acceptors (Lipinski definition) is 3. The second-order valence-corrected chi connectivity index (χ2v) is 3.49. The van der Waals surface area contributed by atoms with Crippen LogP contribution >= 0.6 is 24.0 Å². The average Bonchev–Trinajstić information content (AvgIpc) is 2.81. The minimum Gasteiger partial charge on any atom is -0.454 e. The molecular weight excluding hydrogens is 359 g/mol. The molecule has 0 unspecified atom stereocenters. The van der Waals surface area contributed by atoms with Crippen LogP contribution in [0.3, 0.4) is 0 Å². The zero-order valence-corrected chi connectivity index (χ0v) is 13.1. The number of halogens is 1. The fourth-order valence-electron chi connectivity index (χ4n) is 1.26. The predicted octanol–water partition coefficient (Wildman–Crippen LogP) is 1.24. The van der Waals surface area contributed by atoms with Crippen molar-refractivity contribution in [1.82, 2.24) is 10.6 Å². The lowest BCUT2D eigenvalue weighted by Gasteiger charge is -2.08. The highest BCUT2D eigenvalue weighted by molar-refractivity contribution is 14.0. The van der Waals surface area contributed by atoms with Gasteiger partial charge >= 0.3 is 0 Å². The molecule has 19 heavy (non-hydrogen) atoms. The van der Waals surface area contributed by atoms with Gasteiger partial charge in [-0.3, -0.25) is 4.79 Å². The van der Waals surface area contributed by atoms with Gasteiger partial charge in [-0.05, 0) is 19.1 Å². The summed E-state index contributed by atoms with van der Waals surface area (Å²) in [5.74, 6) is 0.806. The Kier molecular flexibility index (Phi) is 8.68. The van der Waals surface area contributed by atoms with Crippen molar-refractivity contribution < 1.29 is 9.21 Å². The summed E-state index contributed by atoms with van der Waals surface area (Å²) < 4.78 is 5.22. The first-order valence-corrected chi connectivity index (χ1v) is 5.69. The van der Waals surface area contributed by atoms with Crippen molar-refractivity contribution in [1.29, 1.82) is 0 Å². The van der Waals surface area contributed by atoms with Crippen molar-refractivity contribution in [2.45, 2.75) is 13.5 Å². The van der Waals surface area contributed by atoms with E-state index in [4.69, 9.17) is 10.2 Å². The van der Waals surface area contributed by atoms with Gasteiger partial charge in [0.25, 0.3) is 5.91 Å². The molecule has 1 aromatic heterocycles. The molecule has 0 fully saturated rings. The number of primary amides is 1. The molecular formula is C12H19IN4O2. The molecule has 0 aliphatic heterocycles. The zero-order chi connectivity index (χ0) is 13.4. The van der Waals surface area contributed by atoms with Gasteiger partial charge in [-0.2, -0.15) is 0 Å². The third-order valence-electron chi connectivity index (χ3n) is 2.06. The first-order chi connectivity index (χ1) is 8.67. The number of carbonyl (C=O) groups is 1. The molecule has 7 heteroatoms. The van der Waals surface area contributed by atoms with Crippen LogP contribution in [-0.4, -0.2) is 25.0 Å². The number of amides is 1. The summed E-state index contributed by atoms with van der Waals surface area (Å²) in [7, 11) is 0. The van der Waals surface area contributed by atoms with Crippen molar-refractivity contribution in [2.24, 2.45) is 10.7 Å². The van der Waals surface area contributed by atoms with Gasteiger partial charge in [0.2, 0.25) is 0 Å². The topological polar surface area (TPSA) is 92.6 Å². The maximum Gasteiger partial charge on any atom is 0.284 e. The number of guanidine groups is 1. The average molecular weight is 378 g/mol. The number of rotatable bonds is 6. The highest BCUT2D eigenvalue weighted by atomic mass is 127.